The Labute approximate surface area is 113 Å². The van der Waals surface area contributed by atoms with Crippen molar-refractivity contribution in [3.05, 3.63) is 47.7 Å². The summed E-state index contributed by atoms with van der Waals surface area (Å²) in [5.74, 6) is 0. The number of aryl methyl sites for hydroxylation is 2. The quantitative estimate of drug-likeness (QED) is 0.649. The summed E-state index contributed by atoms with van der Waals surface area (Å²) in [7, 11) is 0. The third kappa shape index (κ3) is 4.95. The van der Waals surface area contributed by atoms with E-state index in [0.29, 0.717) is 0 Å². The lowest BCUT2D eigenvalue weighted by atomic mass is 10.1. The largest absolute Gasteiger partial charge is 0.375 e. The summed E-state index contributed by atoms with van der Waals surface area (Å²) < 4.78 is 0. The first-order valence-electron chi connectivity index (χ1n) is 7.15. The molecule has 0 saturated heterocycles. The molecule has 0 saturated carbocycles. The van der Waals surface area contributed by atoms with Crippen molar-refractivity contribution >= 4 is 0 Å². The molecule has 1 heteroatoms. The fraction of sp³-hybridized carbons (Fsp3) is 0.529. The van der Waals surface area contributed by atoms with Crippen LogP contribution in [0.2, 0.25) is 0 Å². The predicted octanol–water partition coefficient (Wildman–Crippen LogP) is 4.56. The van der Waals surface area contributed by atoms with E-state index in [2.05, 4.69) is 56.5 Å². The van der Waals surface area contributed by atoms with Gasteiger partial charge in [-0.3, -0.25) is 0 Å². The molecule has 0 amide bonds. The van der Waals surface area contributed by atoms with Gasteiger partial charge in [0.1, 0.15) is 0 Å². The Morgan fingerprint density at radius 1 is 1.06 bits per heavy atom. The minimum absolute atomic E-state index is 1.07. The van der Waals surface area contributed by atoms with Crippen molar-refractivity contribution < 1.29 is 0 Å². The first kappa shape index (κ1) is 14.8. The zero-order chi connectivity index (χ0) is 13.4. The number of hydrogen-bond donors (Lipinski definition) is 0. The third-order valence-corrected chi connectivity index (χ3v) is 3.26. The van der Waals surface area contributed by atoms with E-state index in [1.807, 2.05) is 0 Å². The number of benzene rings is 1. The first-order valence-corrected chi connectivity index (χ1v) is 7.15. The van der Waals surface area contributed by atoms with Crippen molar-refractivity contribution in [3.8, 4) is 0 Å². The maximum absolute atomic E-state index is 4.25. The van der Waals surface area contributed by atoms with Crippen LogP contribution in [0.4, 0.5) is 0 Å². The predicted molar refractivity (Wildman–Crippen MR) is 80.8 cm³/mol. The van der Waals surface area contributed by atoms with Crippen molar-refractivity contribution in [2.45, 2.75) is 46.5 Å². The summed E-state index contributed by atoms with van der Waals surface area (Å²) in [6.45, 7) is 13.1. The summed E-state index contributed by atoms with van der Waals surface area (Å²) in [5, 5.41) is 0. The number of hydrogen-bond acceptors (Lipinski definition) is 1. The molecule has 18 heavy (non-hydrogen) atoms. The highest BCUT2D eigenvalue weighted by molar-refractivity contribution is 5.22. The molecule has 1 nitrogen and oxygen atoms in total. The molecule has 0 heterocycles. The standard InChI is InChI=1S/C17H27N/c1-5-13-18(14-6-2)16(4)9-12-17-10-7-15(3)8-11-17/h7-8,10-11H,4-6,9,12-14H2,1-3H3. The molecule has 1 aromatic carbocycles. The molecule has 0 unspecified atom stereocenters. The van der Waals surface area contributed by atoms with E-state index in [0.717, 1.165) is 25.9 Å². The number of rotatable bonds is 8. The van der Waals surface area contributed by atoms with Crippen molar-refractivity contribution in [1.82, 2.24) is 4.90 Å². The van der Waals surface area contributed by atoms with Gasteiger partial charge in [-0.1, -0.05) is 50.3 Å². The van der Waals surface area contributed by atoms with Crippen molar-refractivity contribution in [3.63, 3.8) is 0 Å². The maximum atomic E-state index is 4.25. The Hall–Kier alpha value is -1.24. The van der Waals surface area contributed by atoms with E-state index in [1.54, 1.807) is 0 Å². The van der Waals surface area contributed by atoms with Crippen molar-refractivity contribution in [2.75, 3.05) is 13.1 Å². The van der Waals surface area contributed by atoms with E-state index in [1.165, 1.54) is 29.7 Å². The lowest BCUT2D eigenvalue weighted by Crippen LogP contribution is -2.24. The number of allylic oxidation sites excluding steroid dienone is 1. The van der Waals surface area contributed by atoms with E-state index < -0.39 is 0 Å². The minimum Gasteiger partial charge on any atom is -0.375 e. The second kappa shape index (κ2) is 7.97. The average Bonchev–Trinajstić information content (AvgIpc) is 2.37. The number of nitrogens with zero attached hydrogens (tertiary/aromatic N) is 1. The van der Waals surface area contributed by atoms with Gasteiger partial charge < -0.3 is 4.90 Å². The van der Waals surface area contributed by atoms with Crippen LogP contribution in [0.1, 0.15) is 44.2 Å². The van der Waals surface area contributed by atoms with Crippen LogP contribution >= 0.6 is 0 Å². The maximum Gasteiger partial charge on any atom is 0.0172 e. The van der Waals surface area contributed by atoms with Gasteiger partial charge in [-0.2, -0.15) is 0 Å². The first-order chi connectivity index (χ1) is 8.67. The van der Waals surface area contributed by atoms with Gasteiger partial charge in [-0.25, -0.2) is 0 Å². The Balaban J connectivity index is 2.45. The molecule has 100 valence electrons. The van der Waals surface area contributed by atoms with E-state index >= 15 is 0 Å². The second-order valence-corrected chi connectivity index (χ2v) is 5.04. The van der Waals surface area contributed by atoms with Gasteiger partial charge in [-0.05, 0) is 38.2 Å². The van der Waals surface area contributed by atoms with Crippen LogP contribution in [-0.4, -0.2) is 18.0 Å². The lowest BCUT2D eigenvalue weighted by Gasteiger charge is -2.26. The van der Waals surface area contributed by atoms with Gasteiger partial charge in [0.05, 0.1) is 0 Å². The zero-order valence-corrected chi connectivity index (χ0v) is 12.2. The SMILES string of the molecule is C=C(CCc1ccc(C)cc1)N(CCC)CCC. The van der Waals surface area contributed by atoms with Crippen LogP contribution in [0.25, 0.3) is 0 Å². The molecule has 0 aliphatic heterocycles. The molecule has 0 aliphatic rings. The highest BCUT2D eigenvalue weighted by Crippen LogP contribution is 2.13. The molecule has 0 fully saturated rings. The Bertz CT molecular complexity index is 344. The van der Waals surface area contributed by atoms with E-state index in [4.69, 9.17) is 0 Å². The van der Waals surface area contributed by atoms with Crippen LogP contribution in [-0.2, 0) is 6.42 Å². The summed E-state index contributed by atoms with van der Waals surface area (Å²) in [4.78, 5) is 2.44. The van der Waals surface area contributed by atoms with Crippen LogP contribution in [0.3, 0.4) is 0 Å². The molecular formula is C17H27N. The monoisotopic (exact) mass is 245 g/mol. The van der Waals surface area contributed by atoms with Gasteiger partial charge in [-0.15, -0.1) is 0 Å². The minimum atomic E-state index is 1.07. The summed E-state index contributed by atoms with van der Waals surface area (Å²) >= 11 is 0. The third-order valence-electron chi connectivity index (χ3n) is 3.26. The van der Waals surface area contributed by atoms with E-state index in [9.17, 15) is 0 Å². The van der Waals surface area contributed by atoms with E-state index in [-0.39, 0.29) is 0 Å². The smallest absolute Gasteiger partial charge is 0.0172 e. The highest BCUT2D eigenvalue weighted by atomic mass is 15.1. The van der Waals surface area contributed by atoms with Crippen LogP contribution < -0.4 is 0 Å². The van der Waals surface area contributed by atoms with Gasteiger partial charge in [0.2, 0.25) is 0 Å². The molecule has 0 N–H and O–H groups in total. The van der Waals surface area contributed by atoms with Crippen molar-refractivity contribution in [1.29, 1.82) is 0 Å². The van der Waals surface area contributed by atoms with Gasteiger partial charge in [0.15, 0.2) is 0 Å². The molecule has 0 aliphatic carbocycles. The summed E-state index contributed by atoms with van der Waals surface area (Å²) in [5.41, 5.74) is 4.03. The molecule has 0 atom stereocenters. The van der Waals surface area contributed by atoms with Crippen molar-refractivity contribution in [2.24, 2.45) is 0 Å². The van der Waals surface area contributed by atoms with Gasteiger partial charge in [0.25, 0.3) is 0 Å². The second-order valence-electron chi connectivity index (χ2n) is 5.04. The van der Waals surface area contributed by atoms with Gasteiger partial charge >= 0.3 is 0 Å². The summed E-state index contributed by atoms with van der Waals surface area (Å²) in [6, 6.07) is 8.83. The fourth-order valence-corrected chi connectivity index (χ4v) is 2.17. The molecule has 0 spiro atoms. The molecule has 0 bridgehead atoms. The summed E-state index contributed by atoms with van der Waals surface area (Å²) in [6.07, 6.45) is 4.57. The molecular weight excluding hydrogens is 218 g/mol. The van der Waals surface area contributed by atoms with Crippen LogP contribution in [0, 0.1) is 6.92 Å². The molecule has 1 rings (SSSR count). The molecule has 0 aromatic heterocycles. The Morgan fingerprint density at radius 2 is 1.61 bits per heavy atom. The van der Waals surface area contributed by atoms with Crippen LogP contribution in [0.15, 0.2) is 36.5 Å². The van der Waals surface area contributed by atoms with Crippen LogP contribution in [0.5, 0.6) is 0 Å². The zero-order valence-electron chi connectivity index (χ0n) is 12.2. The average molecular weight is 245 g/mol. The lowest BCUT2D eigenvalue weighted by molar-refractivity contribution is 0.334. The highest BCUT2D eigenvalue weighted by Gasteiger charge is 2.05. The Morgan fingerprint density at radius 3 is 2.11 bits per heavy atom. The topological polar surface area (TPSA) is 3.24 Å². The fourth-order valence-electron chi connectivity index (χ4n) is 2.17. The normalized spacial score (nSPS) is 10.4. The molecule has 1 aromatic rings. The van der Waals surface area contributed by atoms with Gasteiger partial charge in [0, 0.05) is 18.8 Å². The Kier molecular flexibility index (Phi) is 6.56. The molecule has 0 radical (unpaired) electrons.